The minimum absolute atomic E-state index is 0.153. The minimum Gasteiger partial charge on any atom is -0.385 e. The maximum Gasteiger partial charge on any atom is 0.178 e. The monoisotopic (exact) mass is 281 g/mol. The van der Waals surface area contributed by atoms with Crippen molar-refractivity contribution in [2.24, 2.45) is 11.8 Å². The summed E-state index contributed by atoms with van der Waals surface area (Å²) in [6, 6.07) is 7.11. The molecular formula is C15H23NO2S. The second-order valence-electron chi connectivity index (χ2n) is 5.59. The van der Waals surface area contributed by atoms with Crippen LogP contribution in [-0.4, -0.2) is 20.7 Å². The van der Waals surface area contributed by atoms with E-state index in [1.807, 2.05) is 12.1 Å². The van der Waals surface area contributed by atoms with Gasteiger partial charge in [0, 0.05) is 12.2 Å². The number of sulfone groups is 1. The van der Waals surface area contributed by atoms with Gasteiger partial charge in [-0.1, -0.05) is 20.3 Å². The van der Waals surface area contributed by atoms with Gasteiger partial charge >= 0.3 is 0 Å². The maximum absolute atomic E-state index is 11.7. The Labute approximate surface area is 116 Å². The summed E-state index contributed by atoms with van der Waals surface area (Å²) in [6.45, 7) is 4.97. The van der Waals surface area contributed by atoms with E-state index in [0.717, 1.165) is 24.1 Å². The molecule has 4 heteroatoms. The van der Waals surface area contributed by atoms with Gasteiger partial charge in [0.05, 0.1) is 10.6 Å². The quantitative estimate of drug-likeness (QED) is 0.900. The highest BCUT2D eigenvalue weighted by Crippen LogP contribution is 2.30. The van der Waals surface area contributed by atoms with Gasteiger partial charge in [-0.25, -0.2) is 8.42 Å². The Morgan fingerprint density at radius 3 is 2.42 bits per heavy atom. The van der Waals surface area contributed by atoms with Gasteiger partial charge in [-0.3, -0.25) is 0 Å². The summed E-state index contributed by atoms with van der Waals surface area (Å²) >= 11 is 0. The number of nitrogens with one attached hydrogen (secondary N) is 1. The van der Waals surface area contributed by atoms with Crippen LogP contribution in [0.4, 0.5) is 5.69 Å². The first kappa shape index (κ1) is 14.4. The maximum atomic E-state index is 11.7. The highest BCUT2D eigenvalue weighted by molar-refractivity contribution is 7.91. The number of hydrogen-bond donors (Lipinski definition) is 1. The molecule has 3 nitrogen and oxygen atoms in total. The fourth-order valence-electron chi connectivity index (χ4n) is 2.72. The van der Waals surface area contributed by atoms with E-state index in [9.17, 15) is 8.42 Å². The minimum atomic E-state index is -3.08. The normalized spacial score (nSPS) is 23.5. The third-order valence-electron chi connectivity index (χ3n) is 3.99. The summed E-state index contributed by atoms with van der Waals surface area (Å²) in [6.07, 6.45) is 3.94. The number of anilines is 1. The van der Waals surface area contributed by atoms with E-state index in [4.69, 9.17) is 0 Å². The van der Waals surface area contributed by atoms with Crippen molar-refractivity contribution in [3.63, 3.8) is 0 Å². The van der Waals surface area contributed by atoms with Gasteiger partial charge in [0.1, 0.15) is 0 Å². The molecule has 0 aliphatic heterocycles. The van der Waals surface area contributed by atoms with Crippen molar-refractivity contribution >= 4 is 15.5 Å². The topological polar surface area (TPSA) is 46.2 Å². The van der Waals surface area contributed by atoms with Crippen LogP contribution in [0.5, 0.6) is 0 Å². The summed E-state index contributed by atoms with van der Waals surface area (Å²) in [5, 5.41) is 3.41. The van der Waals surface area contributed by atoms with Crippen molar-refractivity contribution in [1.82, 2.24) is 0 Å². The molecule has 0 radical (unpaired) electrons. The van der Waals surface area contributed by atoms with Crippen LogP contribution in [0, 0.1) is 11.8 Å². The molecule has 2 unspecified atom stereocenters. The number of benzene rings is 1. The lowest BCUT2D eigenvalue weighted by Gasteiger charge is -2.12. The van der Waals surface area contributed by atoms with Gasteiger partial charge in [-0.05, 0) is 48.9 Å². The molecule has 0 saturated heterocycles. The van der Waals surface area contributed by atoms with Crippen LogP contribution in [0.15, 0.2) is 29.2 Å². The van der Waals surface area contributed by atoms with E-state index < -0.39 is 9.84 Å². The Kier molecular flexibility index (Phi) is 4.50. The predicted octanol–water partition coefficient (Wildman–Crippen LogP) is 3.33. The molecule has 0 amide bonds. The zero-order valence-corrected chi connectivity index (χ0v) is 12.5. The standard InChI is InChI=1S/C15H23NO2S/c1-3-19(17,18)15-8-6-14(7-9-15)16-11-13-5-4-12(2)10-13/h6-9,12-13,16H,3-5,10-11H2,1-2H3. The first-order valence-electron chi connectivity index (χ1n) is 7.08. The van der Waals surface area contributed by atoms with Crippen LogP contribution >= 0.6 is 0 Å². The summed E-state index contributed by atoms with van der Waals surface area (Å²) < 4.78 is 23.4. The molecular weight excluding hydrogens is 258 g/mol. The molecule has 0 heterocycles. The molecule has 1 aliphatic carbocycles. The molecule has 1 aromatic rings. The van der Waals surface area contributed by atoms with Crippen molar-refractivity contribution in [1.29, 1.82) is 0 Å². The number of rotatable bonds is 5. The molecule has 2 atom stereocenters. The van der Waals surface area contributed by atoms with Crippen LogP contribution in [-0.2, 0) is 9.84 Å². The molecule has 1 N–H and O–H groups in total. The average molecular weight is 281 g/mol. The van der Waals surface area contributed by atoms with E-state index in [-0.39, 0.29) is 5.75 Å². The van der Waals surface area contributed by atoms with Gasteiger partial charge in [0.25, 0.3) is 0 Å². The zero-order valence-electron chi connectivity index (χ0n) is 11.7. The molecule has 2 rings (SSSR count). The van der Waals surface area contributed by atoms with E-state index in [2.05, 4.69) is 12.2 Å². The summed E-state index contributed by atoms with van der Waals surface area (Å²) in [5.74, 6) is 1.76. The van der Waals surface area contributed by atoms with Gasteiger partial charge < -0.3 is 5.32 Å². The zero-order chi connectivity index (χ0) is 13.9. The van der Waals surface area contributed by atoms with Crippen molar-refractivity contribution in [2.45, 2.75) is 38.0 Å². The van der Waals surface area contributed by atoms with E-state index in [1.54, 1.807) is 19.1 Å². The lowest BCUT2D eigenvalue weighted by molar-refractivity contribution is 0.537. The lowest BCUT2D eigenvalue weighted by atomic mass is 10.1. The molecule has 0 aromatic heterocycles. The molecule has 1 saturated carbocycles. The Morgan fingerprint density at radius 1 is 1.21 bits per heavy atom. The highest BCUT2D eigenvalue weighted by atomic mass is 32.2. The Morgan fingerprint density at radius 2 is 1.89 bits per heavy atom. The van der Waals surface area contributed by atoms with Crippen LogP contribution in [0.1, 0.15) is 33.1 Å². The second kappa shape index (κ2) is 5.95. The van der Waals surface area contributed by atoms with Crippen molar-refractivity contribution in [3.8, 4) is 0 Å². The van der Waals surface area contributed by atoms with Crippen LogP contribution in [0.3, 0.4) is 0 Å². The highest BCUT2D eigenvalue weighted by Gasteiger charge is 2.20. The lowest BCUT2D eigenvalue weighted by Crippen LogP contribution is -2.11. The summed E-state index contributed by atoms with van der Waals surface area (Å²) in [4.78, 5) is 0.412. The second-order valence-corrected chi connectivity index (χ2v) is 7.87. The largest absolute Gasteiger partial charge is 0.385 e. The summed E-state index contributed by atoms with van der Waals surface area (Å²) in [5.41, 5.74) is 1.01. The molecule has 0 spiro atoms. The first-order chi connectivity index (χ1) is 9.01. The van der Waals surface area contributed by atoms with Crippen LogP contribution in [0.25, 0.3) is 0 Å². The van der Waals surface area contributed by atoms with E-state index in [0.29, 0.717) is 4.90 Å². The van der Waals surface area contributed by atoms with Gasteiger partial charge in [-0.2, -0.15) is 0 Å². The smallest absolute Gasteiger partial charge is 0.178 e. The Hall–Kier alpha value is -1.03. The number of hydrogen-bond acceptors (Lipinski definition) is 3. The molecule has 0 bridgehead atoms. The average Bonchev–Trinajstić information content (AvgIpc) is 2.83. The van der Waals surface area contributed by atoms with Crippen molar-refractivity contribution in [2.75, 3.05) is 17.6 Å². The van der Waals surface area contributed by atoms with Gasteiger partial charge in [-0.15, -0.1) is 0 Å². The third-order valence-corrected chi connectivity index (χ3v) is 5.74. The summed E-state index contributed by atoms with van der Waals surface area (Å²) in [7, 11) is -3.08. The fraction of sp³-hybridized carbons (Fsp3) is 0.600. The first-order valence-corrected chi connectivity index (χ1v) is 8.73. The van der Waals surface area contributed by atoms with Gasteiger partial charge in [0.2, 0.25) is 0 Å². The predicted molar refractivity (Wildman–Crippen MR) is 79.2 cm³/mol. The Balaban J connectivity index is 1.92. The fourth-order valence-corrected chi connectivity index (χ4v) is 3.60. The molecule has 1 aliphatic rings. The van der Waals surface area contributed by atoms with E-state index >= 15 is 0 Å². The molecule has 106 valence electrons. The molecule has 1 fully saturated rings. The van der Waals surface area contributed by atoms with Crippen molar-refractivity contribution in [3.05, 3.63) is 24.3 Å². The molecule has 1 aromatic carbocycles. The SMILES string of the molecule is CCS(=O)(=O)c1ccc(NCC2CCC(C)C2)cc1. The molecule has 19 heavy (non-hydrogen) atoms. The van der Waals surface area contributed by atoms with Crippen LogP contribution < -0.4 is 5.32 Å². The van der Waals surface area contributed by atoms with Crippen molar-refractivity contribution < 1.29 is 8.42 Å². The Bertz CT molecular complexity index is 507. The van der Waals surface area contributed by atoms with Crippen LogP contribution in [0.2, 0.25) is 0 Å². The third kappa shape index (κ3) is 3.72. The van der Waals surface area contributed by atoms with E-state index in [1.165, 1.54) is 19.3 Å². The van der Waals surface area contributed by atoms with Gasteiger partial charge in [0.15, 0.2) is 9.84 Å².